The molecule has 0 saturated heterocycles. The summed E-state index contributed by atoms with van der Waals surface area (Å²) < 4.78 is 6.13. The molecule has 0 aromatic heterocycles. The minimum absolute atomic E-state index is 0.219. The van der Waals surface area contributed by atoms with E-state index in [4.69, 9.17) is 4.74 Å². The van der Waals surface area contributed by atoms with Gasteiger partial charge in [0.2, 0.25) is 0 Å². The highest BCUT2D eigenvalue weighted by Crippen LogP contribution is 2.49. The summed E-state index contributed by atoms with van der Waals surface area (Å²) in [6, 6.07) is 12.9. The zero-order valence-electron chi connectivity index (χ0n) is 24.4. The van der Waals surface area contributed by atoms with E-state index in [0.717, 1.165) is 93.9 Å². The van der Waals surface area contributed by atoms with Gasteiger partial charge in [0.05, 0.1) is 12.0 Å². The van der Waals surface area contributed by atoms with Crippen LogP contribution in [0.1, 0.15) is 128 Å². The molecule has 0 fully saturated rings. The van der Waals surface area contributed by atoms with E-state index in [1.807, 2.05) is 25.1 Å². The highest BCUT2D eigenvalue weighted by molar-refractivity contribution is 5.74. The summed E-state index contributed by atoms with van der Waals surface area (Å²) in [5.41, 5.74) is 1.52. The number of phenols is 2. The van der Waals surface area contributed by atoms with Gasteiger partial charge in [-0.05, 0) is 55.0 Å². The molecule has 0 saturated carbocycles. The fourth-order valence-corrected chi connectivity index (χ4v) is 6.46. The number of carboxylic acids is 1. The number of rotatable bonds is 17. The number of hydrogen-bond acceptors (Lipinski definition) is 4. The van der Waals surface area contributed by atoms with E-state index in [1.165, 1.54) is 12.8 Å². The number of carboxylic acid groups (broad SMARTS) is 1. The van der Waals surface area contributed by atoms with Crippen LogP contribution in [0, 0.1) is 5.41 Å². The lowest BCUT2D eigenvalue weighted by molar-refractivity contribution is -0.150. The van der Waals surface area contributed by atoms with E-state index in [2.05, 4.69) is 13.8 Å². The fourth-order valence-electron chi connectivity index (χ4n) is 6.46. The highest BCUT2D eigenvalue weighted by Gasteiger charge is 2.42. The van der Waals surface area contributed by atoms with Crippen LogP contribution in [0.5, 0.6) is 17.2 Å². The minimum atomic E-state index is -0.608. The summed E-state index contributed by atoms with van der Waals surface area (Å²) in [4.78, 5) is 12.1. The molecule has 3 rings (SSSR count). The van der Waals surface area contributed by atoms with Crippen LogP contribution in [0.4, 0.5) is 0 Å². The highest BCUT2D eigenvalue weighted by atomic mass is 16.5. The van der Waals surface area contributed by atoms with Gasteiger partial charge in [0.25, 0.3) is 0 Å². The van der Waals surface area contributed by atoms with E-state index in [-0.39, 0.29) is 22.8 Å². The Kier molecular flexibility index (Phi) is 11.6. The van der Waals surface area contributed by atoms with Crippen LogP contribution in [-0.2, 0) is 10.2 Å². The number of hydrogen-bond donors (Lipinski definition) is 3. The van der Waals surface area contributed by atoms with E-state index < -0.39 is 11.4 Å². The van der Waals surface area contributed by atoms with E-state index in [1.54, 1.807) is 24.3 Å². The van der Waals surface area contributed by atoms with Crippen LogP contribution in [0.3, 0.4) is 0 Å². The molecular weight excluding hydrogens is 488 g/mol. The third kappa shape index (κ3) is 7.93. The molecule has 0 spiro atoms. The van der Waals surface area contributed by atoms with Gasteiger partial charge in [-0.2, -0.15) is 0 Å². The van der Waals surface area contributed by atoms with Crippen molar-refractivity contribution in [3.63, 3.8) is 0 Å². The fraction of sp³-hybridized carbons (Fsp3) is 0.618. The topological polar surface area (TPSA) is 87.0 Å². The predicted octanol–water partition coefficient (Wildman–Crippen LogP) is 9.10. The van der Waals surface area contributed by atoms with Gasteiger partial charge in [0, 0.05) is 17.4 Å². The summed E-state index contributed by atoms with van der Waals surface area (Å²) in [6.45, 7) is 6.99. The van der Waals surface area contributed by atoms with Crippen LogP contribution in [0.2, 0.25) is 0 Å². The molecule has 2 aromatic rings. The van der Waals surface area contributed by atoms with Crippen molar-refractivity contribution in [1.29, 1.82) is 0 Å². The van der Waals surface area contributed by atoms with Gasteiger partial charge in [-0.25, -0.2) is 0 Å². The molecule has 1 aliphatic heterocycles. The van der Waals surface area contributed by atoms with Crippen molar-refractivity contribution in [3.8, 4) is 17.2 Å². The maximum absolute atomic E-state index is 12.1. The first-order chi connectivity index (χ1) is 18.8. The van der Waals surface area contributed by atoms with Crippen molar-refractivity contribution in [2.45, 2.75) is 122 Å². The quantitative estimate of drug-likeness (QED) is 0.175. The van der Waals surface area contributed by atoms with Crippen molar-refractivity contribution < 1.29 is 24.9 Å². The normalized spacial score (nSPS) is 20.1. The molecule has 216 valence electrons. The van der Waals surface area contributed by atoms with Gasteiger partial charge in [0.15, 0.2) is 0 Å². The van der Waals surface area contributed by atoms with E-state index in [9.17, 15) is 20.1 Å². The Hall–Kier alpha value is -2.69. The molecule has 2 aromatic carbocycles. The molecule has 3 unspecified atom stereocenters. The number of unbranched alkanes of at least 4 members (excludes halogenated alkanes) is 8. The lowest BCUT2D eigenvalue weighted by Crippen LogP contribution is -2.40. The van der Waals surface area contributed by atoms with Crippen molar-refractivity contribution in [2.24, 2.45) is 5.41 Å². The second kappa shape index (κ2) is 14.6. The third-order valence-electron chi connectivity index (χ3n) is 9.23. The molecule has 0 radical (unpaired) electrons. The Labute approximate surface area is 235 Å². The SMILES string of the molecule is CCCCCCC(CC)(CCCCCCCCC1c2ccc(O)cc2OCC1(C)c1ccc(O)cc1)C(=O)O. The molecular formula is C34H50O5. The largest absolute Gasteiger partial charge is 0.508 e. The first kappa shape index (κ1) is 30.8. The molecule has 3 atom stereocenters. The third-order valence-corrected chi connectivity index (χ3v) is 9.23. The van der Waals surface area contributed by atoms with Gasteiger partial charge in [-0.3, -0.25) is 4.79 Å². The average Bonchev–Trinajstić information content (AvgIpc) is 2.92. The van der Waals surface area contributed by atoms with Crippen molar-refractivity contribution >= 4 is 5.97 Å². The van der Waals surface area contributed by atoms with Crippen molar-refractivity contribution in [3.05, 3.63) is 53.6 Å². The summed E-state index contributed by atoms with van der Waals surface area (Å²) in [5.74, 6) is 0.889. The first-order valence-electron chi connectivity index (χ1n) is 15.2. The summed E-state index contributed by atoms with van der Waals surface area (Å²) in [7, 11) is 0. The van der Waals surface area contributed by atoms with Crippen LogP contribution in [0.15, 0.2) is 42.5 Å². The van der Waals surface area contributed by atoms with Crippen LogP contribution >= 0.6 is 0 Å². The maximum Gasteiger partial charge on any atom is 0.309 e. The Morgan fingerprint density at radius 2 is 1.46 bits per heavy atom. The number of fused-ring (bicyclic) bond motifs is 1. The molecule has 3 N–H and O–H groups in total. The lowest BCUT2D eigenvalue weighted by atomic mass is 9.66. The summed E-state index contributed by atoms with van der Waals surface area (Å²) in [5, 5.41) is 29.8. The van der Waals surface area contributed by atoms with Gasteiger partial charge in [-0.15, -0.1) is 0 Å². The molecule has 0 bridgehead atoms. The Morgan fingerprint density at radius 1 is 0.872 bits per heavy atom. The van der Waals surface area contributed by atoms with Gasteiger partial charge >= 0.3 is 5.97 Å². The zero-order chi connectivity index (χ0) is 28.3. The van der Waals surface area contributed by atoms with Crippen molar-refractivity contribution in [2.75, 3.05) is 6.61 Å². The Morgan fingerprint density at radius 3 is 2.08 bits per heavy atom. The van der Waals surface area contributed by atoms with E-state index >= 15 is 0 Å². The molecule has 1 heterocycles. The number of aliphatic carboxylic acids is 1. The molecule has 5 heteroatoms. The average molecular weight is 539 g/mol. The molecule has 1 aliphatic rings. The Balaban J connectivity index is 1.51. The smallest absolute Gasteiger partial charge is 0.309 e. The molecule has 39 heavy (non-hydrogen) atoms. The van der Waals surface area contributed by atoms with E-state index in [0.29, 0.717) is 6.61 Å². The van der Waals surface area contributed by atoms with Gasteiger partial charge in [-0.1, -0.05) is 103 Å². The number of benzene rings is 2. The maximum atomic E-state index is 12.1. The molecule has 0 aliphatic carbocycles. The van der Waals surface area contributed by atoms with Gasteiger partial charge < -0.3 is 20.1 Å². The first-order valence-corrected chi connectivity index (χ1v) is 15.2. The van der Waals surface area contributed by atoms with Crippen LogP contribution < -0.4 is 4.74 Å². The number of carbonyl (C=O) groups is 1. The summed E-state index contributed by atoms with van der Waals surface area (Å²) in [6.07, 6.45) is 14.5. The van der Waals surface area contributed by atoms with Crippen molar-refractivity contribution in [1.82, 2.24) is 0 Å². The summed E-state index contributed by atoms with van der Waals surface area (Å²) >= 11 is 0. The van der Waals surface area contributed by atoms with Gasteiger partial charge in [0.1, 0.15) is 17.2 Å². The number of aromatic hydroxyl groups is 2. The number of phenolic OH excluding ortho intramolecular Hbond substituents is 2. The molecule has 0 amide bonds. The second-order valence-corrected chi connectivity index (χ2v) is 11.9. The Bertz CT molecular complexity index is 1030. The van der Waals surface area contributed by atoms with Crippen LogP contribution in [0.25, 0.3) is 0 Å². The molecule has 5 nitrogen and oxygen atoms in total. The lowest BCUT2D eigenvalue weighted by Gasteiger charge is -2.43. The standard InChI is InChI=1S/C34H50O5/c1-4-6-7-13-22-34(5-2,32(37)38)23-14-11-9-8-10-12-15-30-29-21-20-28(36)24-31(29)39-25-33(30,3)26-16-18-27(35)19-17-26/h16-21,24,30,35-36H,4-15,22-23,25H2,1-3H3,(H,37,38). The second-order valence-electron chi connectivity index (χ2n) is 11.9. The number of ether oxygens (including phenoxy) is 1. The minimum Gasteiger partial charge on any atom is -0.508 e. The monoisotopic (exact) mass is 538 g/mol. The predicted molar refractivity (Wildman–Crippen MR) is 158 cm³/mol. The zero-order valence-corrected chi connectivity index (χ0v) is 24.4. The van der Waals surface area contributed by atoms with Crippen LogP contribution in [-0.4, -0.2) is 27.9 Å².